The smallest absolute Gasteiger partial charge is 0.393 e. The summed E-state index contributed by atoms with van der Waals surface area (Å²) in [5, 5.41) is 74.7. The van der Waals surface area contributed by atoms with Crippen LogP contribution >= 0.6 is 7.82 Å². The Labute approximate surface area is 407 Å². The molecular formula is C53H102NO12P. The maximum absolute atomic E-state index is 13.1. The summed E-state index contributed by atoms with van der Waals surface area (Å²) in [4.78, 5) is 23.5. The zero-order valence-corrected chi connectivity index (χ0v) is 43.2. The van der Waals surface area contributed by atoms with Gasteiger partial charge in [0.05, 0.1) is 31.3 Å². The van der Waals surface area contributed by atoms with Gasteiger partial charge >= 0.3 is 7.82 Å². The number of carbonyl (C=O) groups excluding carboxylic acids is 1. The van der Waals surface area contributed by atoms with Crippen molar-refractivity contribution in [1.29, 1.82) is 0 Å². The van der Waals surface area contributed by atoms with Crippen molar-refractivity contribution >= 4 is 13.7 Å². The van der Waals surface area contributed by atoms with Crippen LogP contribution in [0, 0.1) is 0 Å². The summed E-state index contributed by atoms with van der Waals surface area (Å²) >= 11 is 0. The van der Waals surface area contributed by atoms with Crippen LogP contribution in [0.5, 0.6) is 0 Å². The Balaban J connectivity index is 2.44. The second kappa shape index (κ2) is 42.5. The summed E-state index contributed by atoms with van der Waals surface area (Å²) in [7, 11) is -5.15. The molecule has 1 rings (SSSR count). The molecule has 1 saturated carbocycles. The standard InChI is InChI=1S/C53H102NO12P/c1-3-5-7-9-11-13-15-17-19-21-22-23-24-25-26-28-30-32-34-36-38-40-44(55)42-47(57)54-45(43-65-67(63,64)66-53-51(61)49(59)48(58)50(60)52(53)62)46(56)41-39-37-35-33-31-29-27-20-18-16-14-12-10-8-6-4-2/h31,33,39,41,44-46,48-53,55-56,58-62H,3-30,32,34-38,40,42-43H2,1-2H3,(H,54,57)(H,63,64)/b33-31+,41-39+. The van der Waals surface area contributed by atoms with Crippen LogP contribution in [0.3, 0.4) is 0 Å². The minimum Gasteiger partial charge on any atom is -0.393 e. The van der Waals surface area contributed by atoms with E-state index in [1.54, 1.807) is 6.08 Å². The van der Waals surface area contributed by atoms with Gasteiger partial charge in [0.25, 0.3) is 0 Å². The Hall–Kier alpha value is -1.22. The number of aliphatic hydroxyl groups excluding tert-OH is 7. The highest BCUT2D eigenvalue weighted by Crippen LogP contribution is 2.47. The zero-order valence-electron chi connectivity index (χ0n) is 42.3. The molecule has 13 nitrogen and oxygen atoms in total. The number of hydrogen-bond acceptors (Lipinski definition) is 11. The van der Waals surface area contributed by atoms with Crippen molar-refractivity contribution in [2.24, 2.45) is 0 Å². The molecule has 0 aromatic rings. The van der Waals surface area contributed by atoms with Gasteiger partial charge < -0.3 is 46.0 Å². The molecule has 0 bridgehead atoms. The number of aliphatic hydroxyl groups is 7. The molecule has 396 valence electrons. The molecule has 1 fully saturated rings. The number of allylic oxidation sites excluding steroid dienone is 3. The van der Waals surface area contributed by atoms with Crippen molar-refractivity contribution in [3.63, 3.8) is 0 Å². The number of carbonyl (C=O) groups is 1. The van der Waals surface area contributed by atoms with E-state index in [4.69, 9.17) is 9.05 Å². The molecule has 9 N–H and O–H groups in total. The fourth-order valence-corrected chi connectivity index (χ4v) is 9.81. The van der Waals surface area contributed by atoms with Gasteiger partial charge in [-0.1, -0.05) is 231 Å². The van der Waals surface area contributed by atoms with Gasteiger partial charge in [0.1, 0.15) is 36.6 Å². The number of nitrogens with one attached hydrogen (secondary N) is 1. The molecule has 0 heterocycles. The number of rotatable bonds is 46. The van der Waals surface area contributed by atoms with Crippen LogP contribution in [0.15, 0.2) is 24.3 Å². The largest absolute Gasteiger partial charge is 0.472 e. The average Bonchev–Trinajstić information content (AvgIpc) is 3.30. The lowest BCUT2D eigenvalue weighted by Crippen LogP contribution is -2.64. The Morgan fingerprint density at radius 2 is 0.881 bits per heavy atom. The monoisotopic (exact) mass is 976 g/mol. The lowest BCUT2D eigenvalue weighted by atomic mass is 9.85. The van der Waals surface area contributed by atoms with E-state index in [9.17, 15) is 50.0 Å². The average molecular weight is 976 g/mol. The summed E-state index contributed by atoms with van der Waals surface area (Å²) in [5.41, 5.74) is 0. The van der Waals surface area contributed by atoms with Crippen molar-refractivity contribution in [1.82, 2.24) is 5.32 Å². The molecule has 0 saturated heterocycles. The van der Waals surface area contributed by atoms with E-state index in [1.165, 1.54) is 173 Å². The quantitative estimate of drug-likeness (QED) is 0.0158. The maximum atomic E-state index is 13.1. The minimum atomic E-state index is -5.15. The van der Waals surface area contributed by atoms with Crippen molar-refractivity contribution in [2.45, 2.75) is 300 Å². The van der Waals surface area contributed by atoms with E-state index in [0.29, 0.717) is 12.8 Å². The third-order valence-electron chi connectivity index (χ3n) is 13.3. The Bertz CT molecular complexity index is 1240. The second-order valence-corrected chi connectivity index (χ2v) is 21.0. The highest BCUT2D eigenvalue weighted by Gasteiger charge is 2.51. The first-order valence-electron chi connectivity index (χ1n) is 27.4. The number of phosphoric ester groups is 1. The number of amides is 1. The van der Waals surface area contributed by atoms with E-state index in [-0.39, 0.29) is 6.42 Å². The fraction of sp³-hybridized carbons (Fsp3) is 0.906. The minimum absolute atomic E-state index is 0.248. The van der Waals surface area contributed by atoms with Gasteiger partial charge in [0.2, 0.25) is 5.91 Å². The van der Waals surface area contributed by atoms with Gasteiger partial charge in [0, 0.05) is 0 Å². The van der Waals surface area contributed by atoms with Gasteiger partial charge in [0.15, 0.2) is 0 Å². The summed E-state index contributed by atoms with van der Waals surface area (Å²) in [6, 6.07) is -1.25. The van der Waals surface area contributed by atoms with Crippen LogP contribution in [-0.4, -0.2) is 108 Å². The van der Waals surface area contributed by atoms with Crippen LogP contribution in [-0.2, 0) is 18.4 Å². The zero-order chi connectivity index (χ0) is 49.4. The third kappa shape index (κ3) is 33.9. The summed E-state index contributed by atoms with van der Waals surface area (Å²) in [6.45, 7) is 3.76. The van der Waals surface area contributed by atoms with Gasteiger partial charge in [-0.25, -0.2) is 4.57 Å². The summed E-state index contributed by atoms with van der Waals surface area (Å²) in [6.07, 6.45) is 35.5. The lowest BCUT2D eigenvalue weighted by Gasteiger charge is -2.41. The summed E-state index contributed by atoms with van der Waals surface area (Å²) in [5.74, 6) is -0.598. The van der Waals surface area contributed by atoms with E-state index >= 15 is 0 Å². The maximum Gasteiger partial charge on any atom is 0.472 e. The predicted molar refractivity (Wildman–Crippen MR) is 270 cm³/mol. The molecule has 8 atom stereocenters. The fourth-order valence-electron chi connectivity index (χ4n) is 8.85. The Morgan fingerprint density at radius 1 is 0.522 bits per heavy atom. The van der Waals surface area contributed by atoms with Gasteiger partial charge in [-0.2, -0.15) is 0 Å². The number of hydrogen-bond donors (Lipinski definition) is 9. The summed E-state index contributed by atoms with van der Waals surface area (Å²) < 4.78 is 22.9. The van der Waals surface area contributed by atoms with Gasteiger partial charge in [-0.15, -0.1) is 0 Å². The normalized spacial score (nSPS) is 22.4. The predicted octanol–water partition coefficient (Wildman–Crippen LogP) is 10.7. The van der Waals surface area contributed by atoms with Gasteiger partial charge in [-0.3, -0.25) is 13.8 Å². The molecule has 0 aromatic heterocycles. The van der Waals surface area contributed by atoms with Crippen molar-refractivity contribution in [3.8, 4) is 0 Å². The number of unbranched alkanes of at least 4 members (excludes halogenated alkanes) is 31. The van der Waals surface area contributed by atoms with E-state index < -0.39 is 75.2 Å². The molecule has 1 aliphatic carbocycles. The first kappa shape index (κ1) is 63.8. The molecule has 8 unspecified atom stereocenters. The van der Waals surface area contributed by atoms with E-state index in [0.717, 1.165) is 44.9 Å². The molecule has 67 heavy (non-hydrogen) atoms. The Morgan fingerprint density at radius 3 is 1.31 bits per heavy atom. The molecule has 1 aliphatic rings. The van der Waals surface area contributed by atoms with Crippen molar-refractivity contribution in [3.05, 3.63) is 24.3 Å². The van der Waals surface area contributed by atoms with Crippen LogP contribution in [0.1, 0.15) is 245 Å². The van der Waals surface area contributed by atoms with Crippen LogP contribution in [0.25, 0.3) is 0 Å². The second-order valence-electron chi connectivity index (χ2n) is 19.6. The molecule has 14 heteroatoms. The SMILES string of the molecule is CCCCCCCCCCCC/C=C/CC/C=C/C(O)C(COP(=O)(O)OC1C(O)C(O)C(O)C(O)C1O)NC(=O)CC(O)CCCCCCCCCCCCCCCCCCCCCCC. The first-order chi connectivity index (χ1) is 32.3. The lowest BCUT2D eigenvalue weighted by molar-refractivity contribution is -0.220. The Kier molecular flexibility index (Phi) is 40.4. The van der Waals surface area contributed by atoms with Crippen molar-refractivity contribution < 1.29 is 59.0 Å². The highest BCUT2D eigenvalue weighted by molar-refractivity contribution is 7.47. The highest BCUT2D eigenvalue weighted by atomic mass is 31.2. The van der Waals surface area contributed by atoms with Crippen LogP contribution in [0.2, 0.25) is 0 Å². The third-order valence-corrected chi connectivity index (χ3v) is 14.3. The van der Waals surface area contributed by atoms with Crippen molar-refractivity contribution in [2.75, 3.05) is 6.61 Å². The molecule has 0 spiro atoms. The first-order valence-corrected chi connectivity index (χ1v) is 28.9. The molecule has 0 aliphatic heterocycles. The molecule has 1 amide bonds. The molecule has 0 radical (unpaired) electrons. The number of phosphoric acid groups is 1. The van der Waals surface area contributed by atoms with E-state index in [2.05, 4.69) is 31.3 Å². The molecule has 0 aromatic carbocycles. The van der Waals surface area contributed by atoms with Crippen LogP contribution < -0.4 is 5.32 Å². The molecular weight excluding hydrogens is 874 g/mol. The van der Waals surface area contributed by atoms with Crippen LogP contribution in [0.4, 0.5) is 0 Å². The topological polar surface area (TPSA) is 226 Å². The van der Waals surface area contributed by atoms with E-state index in [1.807, 2.05) is 0 Å². The van der Waals surface area contributed by atoms with Gasteiger partial charge in [-0.05, 0) is 32.1 Å².